The van der Waals surface area contributed by atoms with E-state index >= 15 is 0 Å². The van der Waals surface area contributed by atoms with Crippen molar-refractivity contribution >= 4 is 28.8 Å². The van der Waals surface area contributed by atoms with Crippen LogP contribution >= 0.6 is 0 Å². The Morgan fingerprint density at radius 3 is 2.28 bits per heavy atom. The summed E-state index contributed by atoms with van der Waals surface area (Å²) in [5, 5.41) is 0. The minimum absolute atomic E-state index is 0.0747. The summed E-state index contributed by atoms with van der Waals surface area (Å²) in [5.41, 5.74) is 17.4. The van der Waals surface area contributed by atoms with Crippen LogP contribution in [0.5, 0.6) is 0 Å². The van der Waals surface area contributed by atoms with Gasteiger partial charge in [-0.1, -0.05) is 84.5 Å². The summed E-state index contributed by atoms with van der Waals surface area (Å²) in [7, 11) is 2.21. The number of anilines is 2. The van der Waals surface area contributed by atoms with Crippen molar-refractivity contribution < 1.29 is 0 Å². The number of allylic oxidation sites excluding steroid dienone is 5. The van der Waals surface area contributed by atoms with Gasteiger partial charge in [-0.2, -0.15) is 0 Å². The van der Waals surface area contributed by atoms with Crippen molar-refractivity contribution in [3.05, 3.63) is 117 Å². The van der Waals surface area contributed by atoms with Gasteiger partial charge in [-0.15, -0.1) is 0 Å². The van der Waals surface area contributed by atoms with E-state index in [0.29, 0.717) is 0 Å². The smallest absolute Gasteiger partial charge is 0.0702 e. The van der Waals surface area contributed by atoms with Crippen LogP contribution < -0.4 is 4.90 Å². The first kappa shape index (κ1) is 25.6. The first-order chi connectivity index (χ1) is 18.4. The van der Waals surface area contributed by atoms with Crippen LogP contribution in [-0.4, -0.2) is 13.3 Å². The molecule has 6 rings (SSSR count). The van der Waals surface area contributed by atoms with Gasteiger partial charge in [0, 0.05) is 37.5 Å². The monoisotopic (exact) mass is 512 g/mol. The SMILES string of the molecule is C=CC1=C(/C=C2\C=Nc3c(cccc3C(C)(C)C)C2)c2cc3c(cc2C1)N(C)c1ccc(C(C)(C)C)cc1C3. The van der Waals surface area contributed by atoms with Crippen LogP contribution in [0.1, 0.15) is 80.5 Å². The first-order valence-corrected chi connectivity index (χ1v) is 14.2. The highest BCUT2D eigenvalue weighted by molar-refractivity contribution is 5.94. The van der Waals surface area contributed by atoms with Gasteiger partial charge < -0.3 is 4.90 Å². The van der Waals surface area contributed by atoms with Crippen LogP contribution in [0.4, 0.5) is 17.1 Å². The highest BCUT2D eigenvalue weighted by atomic mass is 15.1. The van der Waals surface area contributed by atoms with Crippen molar-refractivity contribution in [3.63, 3.8) is 0 Å². The summed E-state index contributed by atoms with van der Waals surface area (Å²) in [6.07, 6.45) is 9.29. The van der Waals surface area contributed by atoms with E-state index in [1.165, 1.54) is 67.0 Å². The minimum atomic E-state index is 0.0747. The molecule has 0 aromatic heterocycles. The summed E-state index contributed by atoms with van der Waals surface area (Å²) >= 11 is 0. The summed E-state index contributed by atoms with van der Waals surface area (Å²) in [6, 6.07) is 18.5. The Balaban J connectivity index is 1.38. The molecule has 198 valence electrons. The van der Waals surface area contributed by atoms with E-state index in [1.54, 1.807) is 0 Å². The molecule has 3 aromatic carbocycles. The van der Waals surface area contributed by atoms with Crippen LogP contribution in [0, 0.1) is 0 Å². The van der Waals surface area contributed by atoms with Crippen molar-refractivity contribution in [2.24, 2.45) is 4.99 Å². The van der Waals surface area contributed by atoms with Crippen molar-refractivity contribution in [2.45, 2.75) is 71.6 Å². The Morgan fingerprint density at radius 1 is 0.795 bits per heavy atom. The average molecular weight is 513 g/mol. The Kier molecular flexibility index (Phi) is 5.88. The minimum Gasteiger partial charge on any atom is -0.344 e. The van der Waals surface area contributed by atoms with Crippen LogP contribution in [0.3, 0.4) is 0 Å². The summed E-state index contributed by atoms with van der Waals surface area (Å²) < 4.78 is 0. The molecule has 3 aliphatic rings. The van der Waals surface area contributed by atoms with Gasteiger partial charge in [0.1, 0.15) is 0 Å². The molecule has 0 spiro atoms. The van der Waals surface area contributed by atoms with E-state index in [-0.39, 0.29) is 10.8 Å². The molecule has 2 aliphatic heterocycles. The summed E-state index contributed by atoms with van der Waals surface area (Å²) in [4.78, 5) is 7.35. The summed E-state index contributed by atoms with van der Waals surface area (Å²) in [5.74, 6) is 0. The molecule has 2 heteroatoms. The maximum absolute atomic E-state index is 4.97. The van der Waals surface area contributed by atoms with Crippen LogP contribution in [0.25, 0.3) is 5.57 Å². The van der Waals surface area contributed by atoms with Gasteiger partial charge in [0.25, 0.3) is 0 Å². The fraction of sp³-hybridized carbons (Fsp3) is 0.324. The molecule has 0 N–H and O–H groups in total. The van der Waals surface area contributed by atoms with Gasteiger partial charge in [0.05, 0.1) is 5.69 Å². The Bertz CT molecular complexity index is 1610. The number of hydrogen-bond donors (Lipinski definition) is 0. The predicted molar refractivity (Wildman–Crippen MR) is 168 cm³/mol. The zero-order valence-corrected chi connectivity index (χ0v) is 24.6. The standard InChI is InChI=1S/C37H40N2/c1-9-24-17-26-21-34-28(18-27-19-29(36(2,3)4)13-14-33(27)39(34)8)20-31(26)30(24)16-23-15-25-11-10-12-32(37(5,6)7)35(25)38-22-23/h9-14,16,19-22H,1,15,17-18H2,2-8H3/b23-16-. The molecule has 3 aromatic rings. The molecule has 0 saturated heterocycles. The fourth-order valence-corrected chi connectivity index (χ4v) is 6.39. The number of para-hydroxylation sites is 1. The molecule has 0 bridgehead atoms. The number of benzene rings is 3. The van der Waals surface area contributed by atoms with Crippen molar-refractivity contribution in [1.29, 1.82) is 0 Å². The Morgan fingerprint density at radius 2 is 1.56 bits per heavy atom. The Labute approximate surface area is 234 Å². The second-order valence-corrected chi connectivity index (χ2v) is 13.5. The van der Waals surface area contributed by atoms with Gasteiger partial charge in [0.2, 0.25) is 0 Å². The maximum atomic E-state index is 4.97. The third-order valence-corrected chi connectivity index (χ3v) is 8.63. The number of aliphatic imine (C=N–C) groups is 1. The average Bonchev–Trinajstić information content (AvgIpc) is 3.22. The number of fused-ring (bicyclic) bond motifs is 4. The lowest BCUT2D eigenvalue weighted by Gasteiger charge is -2.32. The predicted octanol–water partition coefficient (Wildman–Crippen LogP) is 9.33. The number of hydrogen-bond acceptors (Lipinski definition) is 2. The second kappa shape index (κ2) is 8.95. The van der Waals surface area contributed by atoms with Crippen LogP contribution in [-0.2, 0) is 30.1 Å². The molecule has 0 unspecified atom stereocenters. The van der Waals surface area contributed by atoms with Gasteiger partial charge >= 0.3 is 0 Å². The molecular formula is C37H40N2. The van der Waals surface area contributed by atoms with E-state index in [0.717, 1.165) is 24.9 Å². The molecule has 2 heterocycles. The van der Waals surface area contributed by atoms with E-state index < -0.39 is 0 Å². The lowest BCUT2D eigenvalue weighted by molar-refractivity contribution is 0.589. The molecule has 2 nitrogen and oxygen atoms in total. The largest absolute Gasteiger partial charge is 0.344 e. The first-order valence-electron chi connectivity index (χ1n) is 14.2. The van der Waals surface area contributed by atoms with Gasteiger partial charge in [-0.3, -0.25) is 4.99 Å². The summed E-state index contributed by atoms with van der Waals surface area (Å²) in [6.45, 7) is 17.9. The highest BCUT2D eigenvalue weighted by Crippen LogP contribution is 2.45. The van der Waals surface area contributed by atoms with Gasteiger partial charge in [0.15, 0.2) is 0 Å². The molecule has 39 heavy (non-hydrogen) atoms. The van der Waals surface area contributed by atoms with Crippen molar-refractivity contribution in [3.8, 4) is 0 Å². The molecule has 0 fully saturated rings. The third-order valence-electron chi connectivity index (χ3n) is 8.63. The van der Waals surface area contributed by atoms with E-state index in [2.05, 4.69) is 121 Å². The number of rotatable bonds is 2. The highest BCUT2D eigenvalue weighted by Gasteiger charge is 2.28. The second-order valence-electron chi connectivity index (χ2n) is 13.5. The normalized spacial score (nSPS) is 17.2. The molecule has 0 atom stereocenters. The van der Waals surface area contributed by atoms with Gasteiger partial charge in [-0.25, -0.2) is 0 Å². The topological polar surface area (TPSA) is 15.6 Å². The zero-order valence-electron chi connectivity index (χ0n) is 24.6. The Hall–Kier alpha value is -3.65. The van der Waals surface area contributed by atoms with E-state index in [1.807, 2.05) is 6.08 Å². The third kappa shape index (κ3) is 4.40. The van der Waals surface area contributed by atoms with Crippen molar-refractivity contribution in [1.82, 2.24) is 0 Å². The quantitative estimate of drug-likeness (QED) is 0.334. The zero-order chi connectivity index (χ0) is 27.7. The van der Waals surface area contributed by atoms with Crippen LogP contribution in [0.2, 0.25) is 0 Å². The maximum Gasteiger partial charge on any atom is 0.0702 e. The molecule has 0 amide bonds. The van der Waals surface area contributed by atoms with E-state index in [4.69, 9.17) is 4.99 Å². The van der Waals surface area contributed by atoms with Crippen LogP contribution in [0.15, 0.2) is 83.4 Å². The lowest BCUT2D eigenvalue weighted by atomic mass is 9.83. The van der Waals surface area contributed by atoms with E-state index in [9.17, 15) is 0 Å². The molecular weight excluding hydrogens is 472 g/mol. The molecule has 0 saturated carbocycles. The van der Waals surface area contributed by atoms with Gasteiger partial charge in [-0.05, 0) is 97.2 Å². The van der Waals surface area contributed by atoms with Crippen molar-refractivity contribution in [2.75, 3.05) is 11.9 Å². The number of nitrogens with zero attached hydrogens (tertiary/aromatic N) is 2. The lowest BCUT2D eigenvalue weighted by Crippen LogP contribution is -2.20. The fourth-order valence-electron chi connectivity index (χ4n) is 6.39. The molecule has 0 radical (unpaired) electrons. The molecule has 1 aliphatic carbocycles.